The average Bonchev–Trinajstić information content (AvgIpc) is 2.30. The van der Waals surface area contributed by atoms with E-state index in [9.17, 15) is 14.5 Å². The lowest BCUT2D eigenvalue weighted by molar-refractivity contribution is -0.383. The summed E-state index contributed by atoms with van der Waals surface area (Å²) in [6, 6.07) is 3.72. The molecule has 0 fully saturated rings. The maximum atomic E-state index is 13.6. The molecule has 84 valence electrons. The third kappa shape index (κ3) is 1.72. The van der Waals surface area contributed by atoms with Crippen molar-refractivity contribution in [3.63, 3.8) is 0 Å². The van der Waals surface area contributed by atoms with Crippen molar-refractivity contribution >= 4 is 32.4 Å². The Morgan fingerprint density at radius 1 is 1.47 bits per heavy atom. The van der Waals surface area contributed by atoms with E-state index in [0.29, 0.717) is 0 Å². The van der Waals surface area contributed by atoms with Gasteiger partial charge in [-0.3, -0.25) is 10.1 Å². The number of aromatic nitrogens is 1. The first-order chi connectivity index (χ1) is 8.06. The molecular weight excluding hydrogens is 293 g/mol. The second kappa shape index (κ2) is 4.07. The summed E-state index contributed by atoms with van der Waals surface area (Å²) in [6.45, 7) is 0. The average molecular weight is 296 g/mol. The van der Waals surface area contributed by atoms with Gasteiger partial charge in [-0.05, 0) is 22.0 Å². The van der Waals surface area contributed by atoms with Gasteiger partial charge in [0.05, 0.1) is 20.2 Å². The molecule has 1 aromatic heterocycles. The molecule has 0 spiro atoms. The monoisotopic (exact) mass is 295 g/mol. The highest BCUT2D eigenvalue weighted by molar-refractivity contribution is 9.10. The quantitative estimate of drug-likeness (QED) is 0.598. The minimum absolute atomic E-state index is 0.0431. The molecule has 0 aliphatic rings. The molecule has 0 aliphatic heterocycles. The van der Waals surface area contributed by atoms with E-state index in [2.05, 4.69) is 20.9 Å². The molecule has 7 heteroatoms. The zero-order valence-corrected chi connectivity index (χ0v) is 9.73. The Bertz CT molecular complexity index is 681. The zero-order valence-electron chi connectivity index (χ0n) is 8.15. The van der Waals surface area contributed by atoms with Crippen LogP contribution in [0.15, 0.2) is 22.8 Å². The minimum atomic E-state index is -0.712. The summed E-state index contributed by atoms with van der Waals surface area (Å²) in [5.74, 6) is -0.712. The van der Waals surface area contributed by atoms with Gasteiger partial charge in [0.25, 0.3) is 5.69 Å². The van der Waals surface area contributed by atoms with Crippen LogP contribution in [-0.2, 0) is 0 Å². The Kier molecular flexibility index (Phi) is 2.73. The van der Waals surface area contributed by atoms with Crippen LogP contribution in [0, 0.1) is 27.3 Å². The Hall–Kier alpha value is -2.07. The van der Waals surface area contributed by atoms with Crippen LogP contribution in [0.25, 0.3) is 10.8 Å². The Morgan fingerprint density at radius 3 is 2.76 bits per heavy atom. The number of rotatable bonds is 1. The number of nitriles is 1. The van der Waals surface area contributed by atoms with Gasteiger partial charge >= 0.3 is 0 Å². The van der Waals surface area contributed by atoms with E-state index in [1.165, 1.54) is 6.20 Å². The first-order valence-electron chi connectivity index (χ1n) is 4.37. The van der Waals surface area contributed by atoms with E-state index in [1.54, 1.807) is 6.07 Å². The van der Waals surface area contributed by atoms with Crippen LogP contribution in [0.5, 0.6) is 0 Å². The normalized spacial score (nSPS) is 10.2. The lowest BCUT2D eigenvalue weighted by Gasteiger charge is -2.04. The van der Waals surface area contributed by atoms with E-state index in [0.717, 1.165) is 12.1 Å². The number of nitrogens with zero attached hydrogens (tertiary/aromatic N) is 3. The summed E-state index contributed by atoms with van der Waals surface area (Å²) in [5.41, 5.74) is -0.448. The number of non-ortho nitro benzene ring substituents is 1. The topological polar surface area (TPSA) is 79.8 Å². The van der Waals surface area contributed by atoms with Crippen LogP contribution in [0.4, 0.5) is 10.1 Å². The number of nitro groups is 1. The minimum Gasteiger partial charge on any atom is -0.258 e. The van der Waals surface area contributed by atoms with Crippen molar-refractivity contribution in [3.8, 4) is 6.07 Å². The highest BCUT2D eigenvalue weighted by Crippen LogP contribution is 2.34. The fourth-order valence-electron chi connectivity index (χ4n) is 1.53. The van der Waals surface area contributed by atoms with Gasteiger partial charge in [0.1, 0.15) is 11.9 Å². The van der Waals surface area contributed by atoms with E-state index < -0.39 is 10.7 Å². The molecule has 1 aromatic carbocycles. The third-order valence-electron chi connectivity index (χ3n) is 2.22. The Balaban J connectivity index is 3.06. The van der Waals surface area contributed by atoms with Crippen molar-refractivity contribution in [1.29, 1.82) is 5.26 Å². The fourth-order valence-corrected chi connectivity index (χ4v) is 2.03. The highest BCUT2D eigenvalue weighted by Gasteiger charge is 2.20. The number of benzene rings is 1. The molecule has 0 radical (unpaired) electrons. The van der Waals surface area contributed by atoms with Gasteiger partial charge in [0, 0.05) is 12.3 Å². The van der Waals surface area contributed by atoms with E-state index in [4.69, 9.17) is 5.26 Å². The molecule has 0 saturated carbocycles. The van der Waals surface area contributed by atoms with Gasteiger partial charge in [-0.15, -0.1) is 0 Å². The Labute approximate surface area is 103 Å². The summed E-state index contributed by atoms with van der Waals surface area (Å²) in [5, 5.41) is 19.6. The summed E-state index contributed by atoms with van der Waals surface area (Å²) < 4.78 is 13.9. The van der Waals surface area contributed by atoms with Crippen LogP contribution < -0.4 is 0 Å². The molecule has 17 heavy (non-hydrogen) atoms. The predicted molar refractivity (Wildman–Crippen MR) is 60.8 cm³/mol. The molecule has 2 aromatic rings. The van der Waals surface area contributed by atoms with Crippen LogP contribution in [-0.4, -0.2) is 9.91 Å². The second-order valence-electron chi connectivity index (χ2n) is 3.14. The largest absolute Gasteiger partial charge is 0.278 e. The van der Waals surface area contributed by atoms with Crippen molar-refractivity contribution in [2.75, 3.05) is 0 Å². The fraction of sp³-hybridized carbons (Fsp3) is 0. The maximum absolute atomic E-state index is 13.6. The smallest absolute Gasteiger partial charge is 0.258 e. The lowest BCUT2D eigenvalue weighted by atomic mass is 10.1. The molecule has 0 bridgehead atoms. The molecule has 2 rings (SSSR count). The molecule has 0 atom stereocenters. The molecule has 5 nitrogen and oxygen atoms in total. The lowest BCUT2D eigenvalue weighted by Crippen LogP contribution is -1.96. The van der Waals surface area contributed by atoms with E-state index >= 15 is 0 Å². The van der Waals surface area contributed by atoms with Gasteiger partial charge in [-0.1, -0.05) is 0 Å². The zero-order chi connectivity index (χ0) is 12.6. The number of fused-ring (bicyclic) bond motifs is 1. The standard InChI is InChI=1S/C10H3BrFN3O2/c11-5-4-14-7(3-13)10-6(12)1-2-8(9(5)10)15(16)17/h1-2,4H. The summed E-state index contributed by atoms with van der Waals surface area (Å²) in [4.78, 5) is 13.9. The van der Waals surface area contributed by atoms with Crippen LogP contribution in [0.3, 0.4) is 0 Å². The van der Waals surface area contributed by atoms with Crippen LogP contribution in [0.2, 0.25) is 0 Å². The van der Waals surface area contributed by atoms with Gasteiger partial charge in [0.2, 0.25) is 0 Å². The number of nitro benzene ring substituents is 1. The molecule has 1 heterocycles. The van der Waals surface area contributed by atoms with Crippen molar-refractivity contribution in [2.45, 2.75) is 0 Å². The van der Waals surface area contributed by atoms with Crippen LogP contribution >= 0.6 is 15.9 Å². The second-order valence-corrected chi connectivity index (χ2v) is 3.99. The first kappa shape index (κ1) is 11.4. The van der Waals surface area contributed by atoms with Crippen molar-refractivity contribution in [2.24, 2.45) is 0 Å². The van der Waals surface area contributed by atoms with Crippen LogP contribution in [0.1, 0.15) is 5.69 Å². The molecule has 0 saturated heterocycles. The van der Waals surface area contributed by atoms with Gasteiger partial charge < -0.3 is 0 Å². The molecular formula is C10H3BrFN3O2. The van der Waals surface area contributed by atoms with Gasteiger partial charge in [0.15, 0.2) is 5.69 Å². The van der Waals surface area contributed by atoms with Gasteiger partial charge in [-0.2, -0.15) is 5.26 Å². The van der Waals surface area contributed by atoms with Crippen molar-refractivity contribution in [1.82, 2.24) is 4.98 Å². The first-order valence-corrected chi connectivity index (χ1v) is 5.16. The summed E-state index contributed by atoms with van der Waals surface area (Å²) in [6.07, 6.45) is 1.24. The number of halogens is 2. The van der Waals surface area contributed by atoms with E-state index in [-0.39, 0.29) is 26.6 Å². The van der Waals surface area contributed by atoms with Gasteiger partial charge in [-0.25, -0.2) is 9.37 Å². The van der Waals surface area contributed by atoms with Crippen molar-refractivity contribution < 1.29 is 9.31 Å². The number of hydrogen-bond donors (Lipinski definition) is 0. The SMILES string of the molecule is N#Cc1ncc(Br)c2c([N+](=O)[O-])ccc(F)c12. The summed E-state index contributed by atoms with van der Waals surface area (Å²) >= 11 is 3.07. The molecule has 0 unspecified atom stereocenters. The molecule has 0 amide bonds. The van der Waals surface area contributed by atoms with Crippen molar-refractivity contribution in [3.05, 3.63) is 44.4 Å². The Morgan fingerprint density at radius 2 is 2.18 bits per heavy atom. The van der Waals surface area contributed by atoms with E-state index in [1.807, 2.05) is 0 Å². The number of pyridine rings is 1. The third-order valence-corrected chi connectivity index (χ3v) is 2.82. The molecule has 0 N–H and O–H groups in total. The highest BCUT2D eigenvalue weighted by atomic mass is 79.9. The maximum Gasteiger partial charge on any atom is 0.278 e. The molecule has 0 aliphatic carbocycles. The predicted octanol–water partition coefficient (Wildman–Crippen LogP) is 2.92. The number of hydrogen-bond acceptors (Lipinski definition) is 4. The summed E-state index contributed by atoms with van der Waals surface area (Å²) in [7, 11) is 0.